The van der Waals surface area contributed by atoms with E-state index in [-0.39, 0.29) is 5.78 Å². The van der Waals surface area contributed by atoms with E-state index in [1.165, 1.54) is 22.7 Å². The molecule has 3 aromatic rings. The summed E-state index contributed by atoms with van der Waals surface area (Å²) in [5, 5.41) is 8.97. The summed E-state index contributed by atoms with van der Waals surface area (Å²) in [5.74, 6) is -0.820. The maximum Gasteiger partial charge on any atom is 0.345 e. The molecule has 3 aromatic heterocycles. The number of hydrogen-bond donors (Lipinski definition) is 1. The third-order valence-corrected chi connectivity index (χ3v) is 6.60. The van der Waals surface area contributed by atoms with E-state index in [0.29, 0.717) is 4.88 Å². The van der Waals surface area contributed by atoms with Crippen molar-refractivity contribution in [2.45, 2.75) is 6.92 Å². The molecule has 21 heavy (non-hydrogen) atoms. The van der Waals surface area contributed by atoms with Gasteiger partial charge < -0.3 is 5.11 Å². The number of carbonyl (C=O) groups is 2. The van der Waals surface area contributed by atoms with Crippen LogP contribution in [0.5, 0.6) is 0 Å². The molecule has 106 valence electrons. The molecule has 0 radical (unpaired) electrons. The number of rotatable bonds is 4. The van der Waals surface area contributed by atoms with Gasteiger partial charge in [0.25, 0.3) is 0 Å². The molecule has 0 aliphatic rings. The lowest BCUT2D eigenvalue weighted by molar-refractivity contribution is 0.0702. The van der Waals surface area contributed by atoms with Crippen LogP contribution in [-0.2, 0) is 0 Å². The zero-order valence-corrected chi connectivity index (χ0v) is 13.4. The Morgan fingerprint density at radius 3 is 1.62 bits per heavy atom. The largest absolute Gasteiger partial charge is 0.477 e. The van der Waals surface area contributed by atoms with Crippen molar-refractivity contribution in [1.82, 2.24) is 0 Å². The molecule has 3 rings (SSSR count). The fourth-order valence-electron chi connectivity index (χ4n) is 1.85. The Balaban J connectivity index is 1.91. The van der Waals surface area contributed by atoms with E-state index in [1.807, 2.05) is 30.3 Å². The van der Waals surface area contributed by atoms with Gasteiger partial charge in [-0.2, -0.15) is 0 Å². The molecule has 3 nitrogen and oxygen atoms in total. The maximum absolute atomic E-state index is 11.3. The molecule has 6 heteroatoms. The second-order valence-electron chi connectivity index (χ2n) is 4.35. The van der Waals surface area contributed by atoms with Crippen molar-refractivity contribution in [2.24, 2.45) is 0 Å². The first kappa shape index (κ1) is 14.2. The Labute approximate surface area is 133 Å². The fourth-order valence-corrected chi connectivity index (χ4v) is 4.78. The van der Waals surface area contributed by atoms with Crippen molar-refractivity contribution >= 4 is 45.8 Å². The average Bonchev–Trinajstić information content (AvgIpc) is 3.18. The number of aromatic carboxylic acids is 1. The van der Waals surface area contributed by atoms with Crippen molar-refractivity contribution in [3.63, 3.8) is 0 Å². The molecule has 0 bridgehead atoms. The number of Topliss-reactive ketones (excluding diaryl/α,β-unsaturated/α-hetero) is 1. The van der Waals surface area contributed by atoms with Gasteiger partial charge in [0.05, 0.1) is 4.88 Å². The Morgan fingerprint density at radius 2 is 1.19 bits per heavy atom. The van der Waals surface area contributed by atoms with E-state index in [1.54, 1.807) is 24.3 Å². The van der Waals surface area contributed by atoms with Crippen LogP contribution < -0.4 is 0 Å². The third-order valence-electron chi connectivity index (χ3n) is 2.86. The normalized spacial score (nSPS) is 10.7. The van der Waals surface area contributed by atoms with E-state index in [9.17, 15) is 9.59 Å². The van der Waals surface area contributed by atoms with E-state index in [2.05, 4.69) is 0 Å². The number of hydrogen-bond acceptors (Lipinski definition) is 5. The molecule has 0 aromatic carbocycles. The summed E-state index contributed by atoms with van der Waals surface area (Å²) in [7, 11) is 0. The predicted molar refractivity (Wildman–Crippen MR) is 87.9 cm³/mol. The van der Waals surface area contributed by atoms with Gasteiger partial charge in [-0.25, -0.2) is 4.79 Å². The first-order valence-corrected chi connectivity index (χ1v) is 8.54. The van der Waals surface area contributed by atoms with Crippen LogP contribution in [0.4, 0.5) is 0 Å². The summed E-state index contributed by atoms with van der Waals surface area (Å²) in [6.45, 7) is 1.56. The van der Waals surface area contributed by atoms with Crippen molar-refractivity contribution in [2.75, 3.05) is 0 Å². The lowest BCUT2D eigenvalue weighted by Gasteiger charge is -1.91. The maximum atomic E-state index is 11.3. The van der Waals surface area contributed by atoms with Gasteiger partial charge in [-0.05, 0) is 43.3 Å². The first-order valence-electron chi connectivity index (χ1n) is 6.09. The van der Waals surface area contributed by atoms with Crippen molar-refractivity contribution in [3.8, 4) is 19.5 Å². The van der Waals surface area contributed by atoms with Crippen LogP contribution in [0, 0.1) is 0 Å². The molecule has 0 fully saturated rings. The van der Waals surface area contributed by atoms with Gasteiger partial charge in [0, 0.05) is 19.5 Å². The summed E-state index contributed by atoms with van der Waals surface area (Å²) in [4.78, 5) is 27.5. The zero-order chi connectivity index (χ0) is 15.0. The molecule has 0 spiro atoms. The number of carboxylic acids is 1. The number of carbonyl (C=O) groups excluding carboxylic acids is 1. The van der Waals surface area contributed by atoms with Gasteiger partial charge in [0.1, 0.15) is 4.88 Å². The van der Waals surface area contributed by atoms with Gasteiger partial charge in [0.15, 0.2) is 5.78 Å². The number of thiophene rings is 3. The molecule has 1 N–H and O–H groups in total. The highest BCUT2D eigenvalue weighted by atomic mass is 32.1. The molecule has 3 heterocycles. The Morgan fingerprint density at radius 1 is 0.762 bits per heavy atom. The van der Waals surface area contributed by atoms with Crippen molar-refractivity contribution in [1.29, 1.82) is 0 Å². The topological polar surface area (TPSA) is 54.4 Å². The van der Waals surface area contributed by atoms with Gasteiger partial charge in [-0.15, -0.1) is 34.0 Å². The van der Waals surface area contributed by atoms with Gasteiger partial charge in [0.2, 0.25) is 0 Å². The quantitative estimate of drug-likeness (QED) is 0.675. The molecular formula is C15H10O3S3. The third kappa shape index (κ3) is 2.83. The van der Waals surface area contributed by atoms with Gasteiger partial charge in [-0.1, -0.05) is 0 Å². The second-order valence-corrected chi connectivity index (χ2v) is 7.60. The molecule has 0 saturated carbocycles. The zero-order valence-electron chi connectivity index (χ0n) is 11.0. The molecule has 0 aliphatic heterocycles. The van der Waals surface area contributed by atoms with Crippen LogP contribution in [0.2, 0.25) is 0 Å². The van der Waals surface area contributed by atoms with Crippen molar-refractivity contribution in [3.05, 3.63) is 46.2 Å². The standard InChI is InChI=1S/C15H10O3S3/c1-8(16)9-2-3-10(19-9)11-4-5-12(20-11)13-6-7-14(21-13)15(17)18/h2-7H,1H3,(H,17,18). The van der Waals surface area contributed by atoms with Gasteiger partial charge >= 0.3 is 5.97 Å². The summed E-state index contributed by atoms with van der Waals surface area (Å²) in [6, 6.07) is 11.3. The minimum Gasteiger partial charge on any atom is -0.477 e. The van der Waals surface area contributed by atoms with Gasteiger partial charge in [-0.3, -0.25) is 4.79 Å². The molecule has 0 atom stereocenters. The lowest BCUT2D eigenvalue weighted by atomic mass is 10.3. The lowest BCUT2D eigenvalue weighted by Crippen LogP contribution is -1.89. The predicted octanol–water partition coefficient (Wildman–Crippen LogP) is 5.11. The van der Waals surface area contributed by atoms with Crippen molar-refractivity contribution < 1.29 is 14.7 Å². The number of carboxylic acid groups (broad SMARTS) is 1. The Kier molecular flexibility index (Phi) is 3.75. The monoisotopic (exact) mass is 334 g/mol. The fraction of sp³-hybridized carbons (Fsp3) is 0.0667. The Bertz CT molecular complexity index is 756. The highest BCUT2D eigenvalue weighted by Gasteiger charge is 2.12. The van der Waals surface area contributed by atoms with Crippen LogP contribution in [0.3, 0.4) is 0 Å². The smallest absolute Gasteiger partial charge is 0.345 e. The first-order chi connectivity index (χ1) is 10.0. The number of ketones is 1. The minimum atomic E-state index is -0.896. The Hall–Kier alpha value is -1.76. The second kappa shape index (κ2) is 5.55. The minimum absolute atomic E-state index is 0.0763. The molecule has 0 amide bonds. The summed E-state index contributed by atoms with van der Waals surface area (Å²) < 4.78 is 0. The molecule has 0 saturated heterocycles. The SMILES string of the molecule is CC(=O)c1ccc(-c2ccc(-c3ccc(C(=O)O)s3)s2)s1. The van der Waals surface area contributed by atoms with Crippen LogP contribution in [0.1, 0.15) is 26.3 Å². The highest BCUT2D eigenvalue weighted by molar-refractivity contribution is 7.27. The summed E-state index contributed by atoms with van der Waals surface area (Å²) in [5.41, 5.74) is 0. The van der Waals surface area contributed by atoms with Crippen LogP contribution in [0.25, 0.3) is 19.5 Å². The molecule has 0 aliphatic carbocycles. The van der Waals surface area contributed by atoms with Crippen LogP contribution >= 0.6 is 34.0 Å². The average molecular weight is 334 g/mol. The van der Waals surface area contributed by atoms with E-state index < -0.39 is 5.97 Å². The van der Waals surface area contributed by atoms with E-state index in [4.69, 9.17) is 5.11 Å². The van der Waals surface area contributed by atoms with Crippen LogP contribution in [-0.4, -0.2) is 16.9 Å². The molecular weight excluding hydrogens is 324 g/mol. The molecule has 0 unspecified atom stereocenters. The van der Waals surface area contributed by atoms with Crippen LogP contribution in [0.15, 0.2) is 36.4 Å². The van der Waals surface area contributed by atoms with E-state index >= 15 is 0 Å². The van der Waals surface area contributed by atoms with E-state index in [0.717, 1.165) is 24.4 Å². The highest BCUT2D eigenvalue weighted by Crippen LogP contribution is 2.39. The summed E-state index contributed by atoms with van der Waals surface area (Å²) >= 11 is 4.36. The summed E-state index contributed by atoms with van der Waals surface area (Å²) in [6.07, 6.45) is 0.